The Morgan fingerprint density at radius 1 is 1.29 bits per heavy atom. The van der Waals surface area contributed by atoms with Crippen LogP contribution in [0.25, 0.3) is 0 Å². The minimum absolute atomic E-state index is 0.0830. The van der Waals surface area contributed by atoms with E-state index in [0.717, 1.165) is 53.4 Å². The number of thiophene rings is 1. The van der Waals surface area contributed by atoms with Gasteiger partial charge in [0.15, 0.2) is 11.5 Å². The van der Waals surface area contributed by atoms with Crippen LogP contribution in [0.2, 0.25) is 0 Å². The molecule has 1 aliphatic carbocycles. The van der Waals surface area contributed by atoms with Gasteiger partial charge in [-0.2, -0.15) is 5.26 Å². The average molecular weight is 398 g/mol. The van der Waals surface area contributed by atoms with E-state index in [1.165, 1.54) is 28.8 Å². The lowest BCUT2D eigenvalue weighted by Crippen LogP contribution is -2.37. The van der Waals surface area contributed by atoms with Crippen molar-refractivity contribution in [2.24, 2.45) is 0 Å². The van der Waals surface area contributed by atoms with Crippen LogP contribution < -0.4 is 19.5 Å². The van der Waals surface area contributed by atoms with E-state index >= 15 is 0 Å². The number of hydrogen-bond acceptors (Lipinski definition) is 7. The van der Waals surface area contributed by atoms with E-state index in [0.29, 0.717) is 5.75 Å². The van der Waals surface area contributed by atoms with Crippen molar-refractivity contribution < 1.29 is 14.2 Å². The van der Waals surface area contributed by atoms with E-state index in [4.69, 9.17) is 14.2 Å². The summed E-state index contributed by atoms with van der Waals surface area (Å²) in [5.41, 5.74) is 4.35. The van der Waals surface area contributed by atoms with Crippen molar-refractivity contribution in [2.45, 2.75) is 38.3 Å². The first-order chi connectivity index (χ1) is 13.7. The van der Waals surface area contributed by atoms with Gasteiger partial charge < -0.3 is 19.5 Å². The van der Waals surface area contributed by atoms with Gasteiger partial charge in [-0.1, -0.05) is 0 Å². The number of nitrogens with one attached hydrogen (secondary N) is 1. The summed E-state index contributed by atoms with van der Waals surface area (Å²) in [6, 6.07) is 4.53. The summed E-state index contributed by atoms with van der Waals surface area (Å²) in [6.45, 7) is 1.14. The van der Waals surface area contributed by atoms with Crippen LogP contribution in [0.4, 0.5) is 5.00 Å². The predicted molar refractivity (Wildman–Crippen MR) is 107 cm³/mol. The summed E-state index contributed by atoms with van der Waals surface area (Å²) in [7, 11) is 3.78. The zero-order valence-electron chi connectivity index (χ0n) is 16.1. The third-order valence-corrected chi connectivity index (χ3v) is 7.17. The van der Waals surface area contributed by atoms with Gasteiger partial charge in [0.05, 0.1) is 12.7 Å². The first-order valence-corrected chi connectivity index (χ1v) is 10.5. The van der Waals surface area contributed by atoms with Crippen molar-refractivity contribution in [3.63, 3.8) is 0 Å². The first-order valence-electron chi connectivity index (χ1n) is 9.72. The summed E-state index contributed by atoms with van der Waals surface area (Å²) in [5.74, 6) is 2.16. The number of nitrogens with zero attached hydrogens (tertiary/aromatic N) is 2. The Hall–Kier alpha value is -2.43. The van der Waals surface area contributed by atoms with E-state index in [1.54, 1.807) is 18.4 Å². The molecule has 5 rings (SSSR count). The number of ether oxygens (including phenoxy) is 3. The lowest BCUT2D eigenvalue weighted by Gasteiger charge is -2.36. The van der Waals surface area contributed by atoms with E-state index in [9.17, 15) is 5.26 Å². The monoisotopic (exact) mass is 397 g/mol. The molecular formula is C21H23N3O3S. The Kier molecular flexibility index (Phi) is 4.33. The molecule has 2 aromatic rings. The number of rotatable bonds is 3. The molecule has 0 spiro atoms. The molecule has 0 saturated carbocycles. The molecule has 6 nitrogen and oxygen atoms in total. The smallest absolute Gasteiger partial charge is 0.231 e. The fourth-order valence-electron chi connectivity index (χ4n) is 4.53. The van der Waals surface area contributed by atoms with Crippen LogP contribution in [0.5, 0.6) is 17.2 Å². The summed E-state index contributed by atoms with van der Waals surface area (Å²) >= 11 is 1.74. The quantitative estimate of drug-likeness (QED) is 0.849. The van der Waals surface area contributed by atoms with E-state index in [-0.39, 0.29) is 13.0 Å². The minimum atomic E-state index is -0.0830. The van der Waals surface area contributed by atoms with Gasteiger partial charge in [-0.3, -0.25) is 4.90 Å². The van der Waals surface area contributed by atoms with Crippen molar-refractivity contribution in [3.8, 4) is 23.3 Å². The lowest BCUT2D eigenvalue weighted by molar-refractivity contribution is 0.170. The van der Waals surface area contributed by atoms with Gasteiger partial charge >= 0.3 is 0 Å². The van der Waals surface area contributed by atoms with Gasteiger partial charge in [0.25, 0.3) is 0 Å². The summed E-state index contributed by atoms with van der Waals surface area (Å²) in [6.07, 6.45) is 5.30. The third-order valence-electron chi connectivity index (χ3n) is 5.95. The van der Waals surface area contributed by atoms with Crippen LogP contribution >= 0.6 is 11.3 Å². The highest BCUT2D eigenvalue weighted by atomic mass is 32.1. The number of benzene rings is 1. The van der Waals surface area contributed by atoms with Gasteiger partial charge in [-0.15, -0.1) is 11.3 Å². The van der Waals surface area contributed by atoms with Crippen molar-refractivity contribution in [2.75, 3.05) is 32.8 Å². The van der Waals surface area contributed by atoms with Crippen LogP contribution in [0.15, 0.2) is 6.07 Å². The second-order valence-electron chi connectivity index (χ2n) is 7.52. The largest absolute Gasteiger partial charge is 0.492 e. The molecule has 3 aliphatic rings. The van der Waals surface area contributed by atoms with Gasteiger partial charge in [-0.25, -0.2) is 0 Å². The maximum absolute atomic E-state index is 9.82. The normalized spacial score (nSPS) is 20.2. The maximum atomic E-state index is 9.82. The van der Waals surface area contributed by atoms with Gasteiger partial charge in [0.2, 0.25) is 12.5 Å². The molecule has 0 saturated heterocycles. The summed E-state index contributed by atoms with van der Waals surface area (Å²) in [5, 5.41) is 14.5. The Labute approximate surface area is 168 Å². The Morgan fingerprint density at radius 2 is 2.14 bits per heavy atom. The lowest BCUT2D eigenvalue weighted by atomic mass is 9.94. The molecule has 3 heterocycles. The molecule has 0 amide bonds. The molecule has 0 unspecified atom stereocenters. The Balaban J connectivity index is 1.59. The fraction of sp³-hybridized carbons (Fsp3) is 0.476. The number of aryl methyl sites for hydroxylation is 1. The molecule has 7 heteroatoms. The zero-order chi connectivity index (χ0) is 19.3. The van der Waals surface area contributed by atoms with Gasteiger partial charge in [-0.05, 0) is 56.3 Å². The molecule has 0 fully saturated rings. The molecule has 1 aromatic carbocycles. The van der Waals surface area contributed by atoms with Gasteiger partial charge in [0.1, 0.15) is 17.2 Å². The second-order valence-corrected chi connectivity index (χ2v) is 8.63. The molecule has 28 heavy (non-hydrogen) atoms. The first kappa shape index (κ1) is 17.7. The number of methoxy groups -OCH3 is 1. The second kappa shape index (κ2) is 6.87. The molecular weight excluding hydrogens is 374 g/mol. The summed E-state index contributed by atoms with van der Waals surface area (Å²) < 4.78 is 17.1. The molecule has 1 N–H and O–H groups in total. The van der Waals surface area contributed by atoms with Crippen LogP contribution in [0.3, 0.4) is 0 Å². The van der Waals surface area contributed by atoms with Crippen molar-refractivity contribution in [1.82, 2.24) is 4.90 Å². The van der Waals surface area contributed by atoms with Gasteiger partial charge in [0, 0.05) is 17.0 Å². The fourth-order valence-corrected chi connectivity index (χ4v) is 5.79. The SMILES string of the molecule is COc1c2c(cc3c1[C@H](Nc1sc4c(c1C#N)CCCC4)N(C)CC3)OCO2. The van der Waals surface area contributed by atoms with Crippen molar-refractivity contribution in [1.29, 1.82) is 5.26 Å². The van der Waals surface area contributed by atoms with Crippen LogP contribution in [0.1, 0.15) is 46.1 Å². The predicted octanol–water partition coefficient (Wildman–Crippen LogP) is 3.83. The number of nitriles is 1. The van der Waals surface area contributed by atoms with E-state index < -0.39 is 0 Å². The average Bonchev–Trinajstić information content (AvgIpc) is 3.32. The topological polar surface area (TPSA) is 66.8 Å². The number of anilines is 1. The summed E-state index contributed by atoms with van der Waals surface area (Å²) in [4.78, 5) is 3.63. The molecule has 2 aliphatic heterocycles. The van der Waals surface area contributed by atoms with Crippen LogP contribution in [-0.4, -0.2) is 32.4 Å². The van der Waals surface area contributed by atoms with Crippen molar-refractivity contribution >= 4 is 16.3 Å². The van der Waals surface area contributed by atoms with E-state index in [1.807, 2.05) is 0 Å². The van der Waals surface area contributed by atoms with Crippen LogP contribution in [0, 0.1) is 11.3 Å². The molecule has 1 aromatic heterocycles. The number of likely N-dealkylation sites (N-methyl/N-ethyl adjacent to an activating group) is 1. The Bertz CT molecular complexity index is 978. The maximum Gasteiger partial charge on any atom is 0.231 e. The van der Waals surface area contributed by atoms with E-state index in [2.05, 4.69) is 29.4 Å². The molecule has 146 valence electrons. The highest BCUT2D eigenvalue weighted by Crippen LogP contribution is 2.50. The highest BCUT2D eigenvalue weighted by Gasteiger charge is 2.35. The number of hydrogen-bond donors (Lipinski definition) is 1. The molecule has 0 radical (unpaired) electrons. The van der Waals surface area contributed by atoms with Crippen LogP contribution in [-0.2, 0) is 19.3 Å². The molecule has 0 bridgehead atoms. The number of fused-ring (bicyclic) bond motifs is 3. The standard InChI is InChI=1S/C21H23N3O3S/c1-24-8-7-12-9-15-18(27-11-26-15)19(25-2)17(12)20(24)23-21-14(10-22)13-5-3-4-6-16(13)28-21/h9,20,23H,3-8,11H2,1-2H3/t20-/m1/s1. The zero-order valence-corrected chi connectivity index (χ0v) is 16.9. The third kappa shape index (κ3) is 2.63. The Morgan fingerprint density at radius 3 is 2.96 bits per heavy atom. The highest BCUT2D eigenvalue weighted by molar-refractivity contribution is 7.16. The van der Waals surface area contributed by atoms with Crippen molar-refractivity contribution in [3.05, 3.63) is 33.2 Å². The molecule has 1 atom stereocenters. The minimum Gasteiger partial charge on any atom is -0.492 e.